The largest absolute Gasteiger partial charge is 0.420 e. The van der Waals surface area contributed by atoms with E-state index >= 15 is 0 Å². The molecule has 0 bridgehead atoms. The third-order valence-electron chi connectivity index (χ3n) is 5.15. The molecule has 10 heteroatoms. The van der Waals surface area contributed by atoms with E-state index in [1.165, 1.54) is 4.57 Å². The van der Waals surface area contributed by atoms with Crippen molar-refractivity contribution in [3.63, 3.8) is 0 Å². The van der Waals surface area contributed by atoms with Crippen molar-refractivity contribution in [1.29, 1.82) is 0 Å². The SMILES string of the molecule is Cc1nn(-c2ccc(NCCNC(=O)Cn3c(=O)oc4ccccc43)nn2)c(C)c1C. The fourth-order valence-corrected chi connectivity index (χ4v) is 3.23. The minimum atomic E-state index is -0.553. The van der Waals surface area contributed by atoms with E-state index in [0.717, 1.165) is 17.0 Å². The molecule has 0 radical (unpaired) electrons. The van der Waals surface area contributed by atoms with Gasteiger partial charge in [0, 0.05) is 18.8 Å². The monoisotopic (exact) mass is 421 g/mol. The fourth-order valence-electron chi connectivity index (χ4n) is 3.23. The molecule has 10 nitrogen and oxygen atoms in total. The van der Waals surface area contributed by atoms with E-state index in [9.17, 15) is 9.59 Å². The van der Waals surface area contributed by atoms with Crippen molar-refractivity contribution < 1.29 is 9.21 Å². The van der Waals surface area contributed by atoms with Gasteiger partial charge < -0.3 is 15.1 Å². The number of hydrogen-bond donors (Lipinski definition) is 2. The zero-order valence-electron chi connectivity index (χ0n) is 17.5. The smallest absolute Gasteiger partial charge is 0.408 e. The second-order valence-corrected chi connectivity index (χ2v) is 7.18. The summed E-state index contributed by atoms with van der Waals surface area (Å²) >= 11 is 0. The molecule has 0 fully saturated rings. The molecule has 0 saturated carbocycles. The van der Waals surface area contributed by atoms with Crippen molar-refractivity contribution in [2.45, 2.75) is 27.3 Å². The van der Waals surface area contributed by atoms with Crippen LogP contribution in [0.15, 0.2) is 45.6 Å². The summed E-state index contributed by atoms with van der Waals surface area (Å²) in [5, 5.41) is 18.7. The third-order valence-corrected chi connectivity index (χ3v) is 5.15. The van der Waals surface area contributed by atoms with Crippen LogP contribution in [0.3, 0.4) is 0 Å². The molecular weight excluding hydrogens is 398 g/mol. The Hall–Kier alpha value is -3.95. The maximum absolute atomic E-state index is 12.2. The first-order chi connectivity index (χ1) is 14.9. The molecule has 3 aromatic heterocycles. The normalized spacial score (nSPS) is 11.1. The van der Waals surface area contributed by atoms with Gasteiger partial charge in [-0.3, -0.25) is 9.36 Å². The Morgan fingerprint density at radius 1 is 1.06 bits per heavy atom. The van der Waals surface area contributed by atoms with Crippen LogP contribution < -0.4 is 16.4 Å². The van der Waals surface area contributed by atoms with Gasteiger partial charge in [0.05, 0.1) is 11.2 Å². The Morgan fingerprint density at radius 3 is 2.58 bits per heavy atom. The summed E-state index contributed by atoms with van der Waals surface area (Å²) in [4.78, 5) is 24.1. The molecular formula is C21H23N7O3. The van der Waals surface area contributed by atoms with Crippen LogP contribution in [-0.2, 0) is 11.3 Å². The maximum Gasteiger partial charge on any atom is 0.420 e. The highest BCUT2D eigenvalue weighted by Crippen LogP contribution is 2.15. The lowest BCUT2D eigenvalue weighted by molar-refractivity contribution is -0.121. The van der Waals surface area contributed by atoms with Gasteiger partial charge in [0.25, 0.3) is 0 Å². The highest BCUT2D eigenvalue weighted by molar-refractivity contribution is 5.79. The van der Waals surface area contributed by atoms with Gasteiger partial charge in [-0.25, -0.2) is 9.48 Å². The molecule has 160 valence electrons. The van der Waals surface area contributed by atoms with E-state index in [4.69, 9.17) is 4.42 Å². The van der Waals surface area contributed by atoms with Gasteiger partial charge in [-0.05, 0) is 50.6 Å². The first kappa shape index (κ1) is 20.3. The second kappa shape index (κ2) is 8.42. The molecule has 1 aromatic carbocycles. The molecule has 4 aromatic rings. The van der Waals surface area contributed by atoms with Gasteiger partial charge in [-0.1, -0.05) is 12.1 Å². The molecule has 0 atom stereocenters. The van der Waals surface area contributed by atoms with Crippen LogP contribution in [0.5, 0.6) is 0 Å². The Kier molecular flexibility index (Phi) is 5.52. The highest BCUT2D eigenvalue weighted by Gasteiger charge is 2.12. The lowest BCUT2D eigenvalue weighted by Gasteiger charge is -2.08. The van der Waals surface area contributed by atoms with Crippen molar-refractivity contribution >= 4 is 22.8 Å². The number of nitrogens with one attached hydrogen (secondary N) is 2. The van der Waals surface area contributed by atoms with E-state index < -0.39 is 5.76 Å². The number of fused-ring (bicyclic) bond motifs is 1. The first-order valence-electron chi connectivity index (χ1n) is 9.90. The molecule has 0 saturated heterocycles. The van der Waals surface area contributed by atoms with Crippen molar-refractivity contribution in [3.8, 4) is 5.82 Å². The maximum atomic E-state index is 12.2. The number of hydrogen-bond acceptors (Lipinski definition) is 7. The van der Waals surface area contributed by atoms with Crippen LogP contribution in [0, 0.1) is 20.8 Å². The zero-order chi connectivity index (χ0) is 22.0. The Bertz CT molecular complexity index is 1280. The minimum absolute atomic E-state index is 0.105. The van der Waals surface area contributed by atoms with Crippen LogP contribution in [-0.4, -0.2) is 43.5 Å². The van der Waals surface area contributed by atoms with Crippen LogP contribution in [0.2, 0.25) is 0 Å². The number of oxazole rings is 1. The average molecular weight is 421 g/mol. The number of aryl methyl sites for hydroxylation is 1. The fraction of sp³-hybridized carbons (Fsp3) is 0.286. The van der Waals surface area contributed by atoms with Gasteiger partial charge in [0.1, 0.15) is 12.4 Å². The van der Waals surface area contributed by atoms with Crippen molar-refractivity contribution in [2.24, 2.45) is 0 Å². The summed E-state index contributed by atoms with van der Waals surface area (Å²) < 4.78 is 8.21. The predicted octanol–water partition coefficient (Wildman–Crippen LogP) is 1.72. The first-order valence-corrected chi connectivity index (χ1v) is 9.90. The predicted molar refractivity (Wildman–Crippen MR) is 115 cm³/mol. The highest BCUT2D eigenvalue weighted by atomic mass is 16.4. The Morgan fingerprint density at radius 2 is 1.87 bits per heavy atom. The summed E-state index contributed by atoms with van der Waals surface area (Å²) in [5.41, 5.74) is 4.17. The third kappa shape index (κ3) is 4.18. The number of benzene rings is 1. The molecule has 4 rings (SSSR count). The number of carbonyl (C=O) groups is 1. The van der Waals surface area contributed by atoms with E-state index in [1.54, 1.807) is 28.9 Å². The Labute approximate surface area is 177 Å². The molecule has 0 aliphatic rings. The summed E-state index contributed by atoms with van der Waals surface area (Å²) in [6.45, 7) is 6.70. The summed E-state index contributed by atoms with van der Waals surface area (Å²) in [6.07, 6.45) is 0. The minimum Gasteiger partial charge on any atom is -0.408 e. The van der Waals surface area contributed by atoms with Crippen molar-refractivity contribution in [2.75, 3.05) is 18.4 Å². The average Bonchev–Trinajstić information content (AvgIpc) is 3.22. The van der Waals surface area contributed by atoms with E-state index in [0.29, 0.717) is 35.8 Å². The number of nitrogens with zero attached hydrogens (tertiary/aromatic N) is 5. The number of para-hydroxylation sites is 2. The van der Waals surface area contributed by atoms with Crippen LogP contribution in [0.25, 0.3) is 16.9 Å². The zero-order valence-corrected chi connectivity index (χ0v) is 17.5. The van der Waals surface area contributed by atoms with Crippen LogP contribution in [0.4, 0.5) is 5.82 Å². The molecule has 2 N–H and O–H groups in total. The lowest BCUT2D eigenvalue weighted by Crippen LogP contribution is -2.33. The number of carbonyl (C=O) groups excluding carboxylic acids is 1. The van der Waals surface area contributed by atoms with E-state index in [2.05, 4.69) is 25.9 Å². The molecule has 1 amide bonds. The summed E-state index contributed by atoms with van der Waals surface area (Å²) in [5.74, 6) is 0.401. The van der Waals surface area contributed by atoms with E-state index in [-0.39, 0.29) is 12.5 Å². The molecule has 0 spiro atoms. The quantitative estimate of drug-likeness (QED) is 0.436. The number of anilines is 1. The topological polar surface area (TPSA) is 120 Å². The molecule has 3 heterocycles. The summed E-state index contributed by atoms with van der Waals surface area (Å²) in [7, 11) is 0. The number of amides is 1. The molecule has 0 unspecified atom stereocenters. The Balaban J connectivity index is 1.28. The lowest BCUT2D eigenvalue weighted by atomic mass is 10.2. The van der Waals surface area contributed by atoms with E-state index in [1.807, 2.05) is 32.9 Å². The van der Waals surface area contributed by atoms with Gasteiger partial charge in [0.15, 0.2) is 11.4 Å². The van der Waals surface area contributed by atoms with Crippen LogP contribution >= 0.6 is 0 Å². The standard InChI is InChI=1S/C21H23N7O3/c1-13-14(2)26-28(15(13)3)19-9-8-18(24-25-19)22-10-11-23-20(29)12-27-16-6-4-5-7-17(16)31-21(27)30/h4-9H,10-12H2,1-3H3,(H,22,24)(H,23,29). The number of rotatable bonds is 7. The molecule has 0 aliphatic carbocycles. The molecule has 0 aliphatic heterocycles. The number of aromatic nitrogens is 5. The summed E-state index contributed by atoms with van der Waals surface area (Å²) in [6, 6.07) is 10.6. The van der Waals surface area contributed by atoms with Crippen molar-refractivity contribution in [1.82, 2.24) is 29.9 Å². The van der Waals surface area contributed by atoms with Crippen molar-refractivity contribution in [3.05, 3.63) is 63.9 Å². The van der Waals surface area contributed by atoms with Gasteiger partial charge in [-0.2, -0.15) is 5.10 Å². The molecule has 31 heavy (non-hydrogen) atoms. The van der Waals surface area contributed by atoms with Gasteiger partial charge in [-0.15, -0.1) is 10.2 Å². The van der Waals surface area contributed by atoms with Gasteiger partial charge >= 0.3 is 5.76 Å². The second-order valence-electron chi connectivity index (χ2n) is 7.18. The van der Waals surface area contributed by atoms with Gasteiger partial charge in [0.2, 0.25) is 5.91 Å². The van der Waals surface area contributed by atoms with Crippen LogP contribution in [0.1, 0.15) is 17.0 Å².